The second-order valence-corrected chi connectivity index (χ2v) is 5.75. The largest absolute Gasteiger partial charge is 0.378 e. The van der Waals surface area contributed by atoms with E-state index in [4.69, 9.17) is 9.26 Å². The summed E-state index contributed by atoms with van der Waals surface area (Å²) in [5.41, 5.74) is 0.850. The first-order chi connectivity index (χ1) is 10.9. The number of ether oxygens (including phenoxy) is 1. The van der Waals surface area contributed by atoms with Crippen molar-refractivity contribution in [1.29, 1.82) is 0 Å². The molecule has 0 bridgehead atoms. The van der Waals surface area contributed by atoms with Crippen LogP contribution in [0.1, 0.15) is 12.8 Å². The van der Waals surface area contributed by atoms with Gasteiger partial charge in [0, 0.05) is 6.20 Å². The fraction of sp³-hybridized carbons (Fsp3) is 0.533. The van der Waals surface area contributed by atoms with Crippen LogP contribution in [0, 0.1) is 0 Å². The molecule has 0 spiro atoms. The lowest BCUT2D eigenvalue weighted by Crippen LogP contribution is -2.45. The molecular formula is C15H19N5O2. The Kier molecular flexibility index (Phi) is 3.74. The van der Waals surface area contributed by atoms with Crippen molar-refractivity contribution in [2.75, 3.05) is 31.6 Å². The summed E-state index contributed by atoms with van der Waals surface area (Å²) in [5.74, 6) is 1.33. The fourth-order valence-corrected chi connectivity index (χ4v) is 3.28. The summed E-state index contributed by atoms with van der Waals surface area (Å²) in [6.45, 7) is 3.80. The van der Waals surface area contributed by atoms with Gasteiger partial charge >= 0.3 is 0 Å². The fourth-order valence-electron chi connectivity index (χ4n) is 3.28. The monoisotopic (exact) mass is 301 g/mol. The van der Waals surface area contributed by atoms with Gasteiger partial charge in [0.1, 0.15) is 5.82 Å². The molecule has 2 fully saturated rings. The van der Waals surface area contributed by atoms with Crippen molar-refractivity contribution in [2.24, 2.45) is 0 Å². The Morgan fingerprint density at radius 3 is 2.91 bits per heavy atom. The molecule has 0 aromatic carbocycles. The summed E-state index contributed by atoms with van der Waals surface area (Å²) in [6.07, 6.45) is 5.66. The molecule has 0 radical (unpaired) electrons. The Morgan fingerprint density at radius 1 is 1.18 bits per heavy atom. The first kappa shape index (κ1) is 13.7. The lowest BCUT2D eigenvalue weighted by Gasteiger charge is -2.28. The topological polar surface area (TPSA) is 76.3 Å². The average molecular weight is 301 g/mol. The smallest absolute Gasteiger partial charge is 0.214 e. The minimum absolute atomic E-state index is 0.235. The number of nitrogens with one attached hydrogen (secondary N) is 1. The first-order valence-corrected chi connectivity index (χ1v) is 7.72. The van der Waals surface area contributed by atoms with Crippen LogP contribution >= 0.6 is 0 Å². The van der Waals surface area contributed by atoms with Gasteiger partial charge in [0.15, 0.2) is 0 Å². The van der Waals surface area contributed by atoms with Crippen molar-refractivity contribution in [3.8, 4) is 11.4 Å². The molecule has 0 saturated carbocycles. The molecule has 0 amide bonds. The van der Waals surface area contributed by atoms with Crippen LogP contribution in [-0.4, -0.2) is 58.4 Å². The highest BCUT2D eigenvalue weighted by atomic mass is 16.5. The molecule has 1 N–H and O–H groups in total. The quantitative estimate of drug-likeness (QED) is 0.914. The number of anilines is 1. The number of rotatable bonds is 4. The van der Waals surface area contributed by atoms with Gasteiger partial charge in [0.05, 0.1) is 30.9 Å². The summed E-state index contributed by atoms with van der Waals surface area (Å²) in [4.78, 5) is 11.1. The molecule has 0 unspecified atom stereocenters. The first-order valence-electron chi connectivity index (χ1n) is 7.72. The lowest BCUT2D eigenvalue weighted by atomic mass is 10.1. The summed E-state index contributed by atoms with van der Waals surface area (Å²) < 4.78 is 10.5. The third-order valence-corrected chi connectivity index (χ3v) is 4.39. The number of hydrogen-bond donors (Lipinski definition) is 1. The highest BCUT2D eigenvalue weighted by Crippen LogP contribution is 2.26. The molecule has 2 aromatic rings. The predicted octanol–water partition coefficient (Wildman–Crippen LogP) is 1.41. The molecule has 2 atom stereocenters. The number of aromatic nitrogens is 3. The van der Waals surface area contributed by atoms with E-state index in [0.29, 0.717) is 18.5 Å². The van der Waals surface area contributed by atoms with E-state index < -0.39 is 0 Å². The maximum atomic E-state index is 5.70. The molecule has 2 saturated heterocycles. The lowest BCUT2D eigenvalue weighted by molar-refractivity contribution is 0.159. The van der Waals surface area contributed by atoms with Crippen LogP contribution in [0.5, 0.6) is 0 Å². The molecule has 2 aromatic heterocycles. The van der Waals surface area contributed by atoms with Gasteiger partial charge in [-0.25, -0.2) is 4.98 Å². The van der Waals surface area contributed by atoms with Gasteiger partial charge in [-0.1, -0.05) is 5.16 Å². The van der Waals surface area contributed by atoms with Crippen molar-refractivity contribution in [1.82, 2.24) is 20.0 Å². The molecule has 0 aliphatic carbocycles. The van der Waals surface area contributed by atoms with Crippen molar-refractivity contribution in [3.63, 3.8) is 0 Å². The van der Waals surface area contributed by atoms with Gasteiger partial charge < -0.3 is 14.6 Å². The van der Waals surface area contributed by atoms with Crippen molar-refractivity contribution in [3.05, 3.63) is 24.7 Å². The number of likely N-dealkylation sites (tertiary alicyclic amines) is 1. The Hall–Kier alpha value is -1.99. The van der Waals surface area contributed by atoms with Crippen LogP contribution in [0.15, 0.2) is 29.2 Å². The van der Waals surface area contributed by atoms with E-state index in [2.05, 4.69) is 25.3 Å². The third-order valence-electron chi connectivity index (χ3n) is 4.39. The molecular weight excluding hydrogens is 282 g/mol. The Balaban J connectivity index is 1.55. The Labute approximate surface area is 128 Å². The molecule has 4 rings (SSSR count). The van der Waals surface area contributed by atoms with Gasteiger partial charge in [-0.2, -0.15) is 4.98 Å². The zero-order valence-electron chi connectivity index (χ0n) is 12.3. The van der Waals surface area contributed by atoms with Crippen molar-refractivity contribution < 1.29 is 9.26 Å². The molecule has 22 heavy (non-hydrogen) atoms. The number of nitrogens with zero attached hydrogens (tertiary/aromatic N) is 4. The molecule has 7 nitrogen and oxygen atoms in total. The zero-order chi connectivity index (χ0) is 14.8. The highest BCUT2D eigenvalue weighted by Gasteiger charge is 2.35. The Bertz CT molecular complexity index is 612. The van der Waals surface area contributed by atoms with E-state index in [1.165, 1.54) is 19.2 Å². The maximum Gasteiger partial charge on any atom is 0.214 e. The van der Waals surface area contributed by atoms with E-state index in [1.807, 2.05) is 12.1 Å². The van der Waals surface area contributed by atoms with Crippen LogP contribution < -0.4 is 5.32 Å². The molecule has 116 valence electrons. The number of hydrogen-bond acceptors (Lipinski definition) is 7. The van der Waals surface area contributed by atoms with Gasteiger partial charge in [0.2, 0.25) is 12.2 Å². The highest BCUT2D eigenvalue weighted by molar-refractivity contribution is 5.69. The third kappa shape index (κ3) is 2.57. The summed E-state index contributed by atoms with van der Waals surface area (Å²) in [6, 6.07) is 4.46. The molecule has 2 aliphatic heterocycles. The van der Waals surface area contributed by atoms with Crippen LogP contribution in [0.2, 0.25) is 0 Å². The van der Waals surface area contributed by atoms with Gasteiger partial charge in [-0.3, -0.25) is 4.90 Å². The normalized spacial score (nSPS) is 25.6. The molecule has 7 heteroatoms. The number of pyridine rings is 1. The van der Waals surface area contributed by atoms with Crippen LogP contribution in [0.4, 0.5) is 5.82 Å². The van der Waals surface area contributed by atoms with Gasteiger partial charge in [-0.05, 0) is 38.1 Å². The maximum absolute atomic E-state index is 5.70. The summed E-state index contributed by atoms with van der Waals surface area (Å²) >= 11 is 0. The van der Waals surface area contributed by atoms with Crippen LogP contribution in [0.3, 0.4) is 0 Å². The van der Waals surface area contributed by atoms with Crippen LogP contribution in [-0.2, 0) is 4.74 Å². The van der Waals surface area contributed by atoms with E-state index in [1.54, 1.807) is 6.20 Å². The second-order valence-electron chi connectivity index (χ2n) is 5.75. The average Bonchev–Trinajstić information content (AvgIpc) is 3.30. The van der Waals surface area contributed by atoms with E-state index in [9.17, 15) is 0 Å². The predicted molar refractivity (Wildman–Crippen MR) is 80.4 cm³/mol. The van der Waals surface area contributed by atoms with E-state index in [0.717, 1.165) is 31.1 Å². The standard InChI is InChI=1S/C15H19N5O2/c1-2-7-20(6-1)13-9-21-8-12(13)18-14-11(4-3-5-16-14)15-17-10-22-19-15/h3-5,10,12-13H,1-2,6-9H2,(H,16,18)/t12-,13-/m0/s1. The zero-order valence-corrected chi connectivity index (χ0v) is 12.3. The molecule has 2 aliphatic rings. The van der Waals surface area contributed by atoms with Gasteiger partial charge in [0.25, 0.3) is 0 Å². The second kappa shape index (κ2) is 6.02. The van der Waals surface area contributed by atoms with E-state index in [-0.39, 0.29) is 6.04 Å². The SMILES string of the molecule is c1cnc(N[C@H]2COC[C@@H]2N2CCCC2)c(-c2ncon2)c1. The van der Waals surface area contributed by atoms with Crippen LogP contribution in [0.25, 0.3) is 11.4 Å². The summed E-state index contributed by atoms with van der Waals surface area (Å²) in [5, 5.41) is 7.44. The minimum Gasteiger partial charge on any atom is -0.378 e. The molecule has 4 heterocycles. The van der Waals surface area contributed by atoms with Crippen molar-refractivity contribution in [2.45, 2.75) is 24.9 Å². The van der Waals surface area contributed by atoms with Gasteiger partial charge in [-0.15, -0.1) is 0 Å². The van der Waals surface area contributed by atoms with E-state index >= 15 is 0 Å². The Morgan fingerprint density at radius 2 is 2.09 bits per heavy atom. The van der Waals surface area contributed by atoms with Crippen molar-refractivity contribution >= 4 is 5.82 Å². The minimum atomic E-state index is 0.235. The summed E-state index contributed by atoms with van der Waals surface area (Å²) in [7, 11) is 0.